The summed E-state index contributed by atoms with van der Waals surface area (Å²) in [5.41, 5.74) is 1.90. The third kappa shape index (κ3) is 2.02. The Morgan fingerprint density at radius 1 is 1.67 bits per heavy atom. The first kappa shape index (κ1) is 10.2. The van der Waals surface area contributed by atoms with E-state index in [9.17, 15) is 4.79 Å². The van der Waals surface area contributed by atoms with Gasteiger partial charge in [-0.1, -0.05) is 0 Å². The molecule has 15 heavy (non-hydrogen) atoms. The molecule has 0 spiro atoms. The second-order valence-electron chi connectivity index (χ2n) is 3.24. The van der Waals surface area contributed by atoms with Gasteiger partial charge in [-0.3, -0.25) is 9.20 Å². The summed E-state index contributed by atoms with van der Waals surface area (Å²) < 4.78 is 6.85. The van der Waals surface area contributed by atoms with Crippen molar-refractivity contribution >= 4 is 22.3 Å². The van der Waals surface area contributed by atoms with Gasteiger partial charge in [0.15, 0.2) is 4.96 Å². The second-order valence-corrected chi connectivity index (χ2v) is 4.08. The molecule has 0 aliphatic rings. The van der Waals surface area contributed by atoms with Crippen molar-refractivity contribution < 1.29 is 9.53 Å². The van der Waals surface area contributed by atoms with Gasteiger partial charge in [-0.15, -0.1) is 11.3 Å². The highest BCUT2D eigenvalue weighted by Crippen LogP contribution is 2.16. The highest BCUT2D eigenvalue weighted by Gasteiger charge is 2.09. The van der Waals surface area contributed by atoms with Crippen molar-refractivity contribution in [3.05, 3.63) is 23.0 Å². The van der Waals surface area contributed by atoms with Crippen molar-refractivity contribution in [3.63, 3.8) is 0 Å². The molecule has 0 aromatic carbocycles. The van der Waals surface area contributed by atoms with Crippen LogP contribution in [0.25, 0.3) is 4.96 Å². The molecule has 0 saturated heterocycles. The number of rotatable bonds is 3. The average molecular weight is 224 g/mol. The predicted molar refractivity (Wildman–Crippen MR) is 58.1 cm³/mol. The molecule has 0 bridgehead atoms. The molecule has 80 valence electrons. The van der Waals surface area contributed by atoms with E-state index in [1.54, 1.807) is 18.3 Å². The van der Waals surface area contributed by atoms with E-state index in [1.165, 1.54) is 0 Å². The Morgan fingerprint density at radius 2 is 2.47 bits per heavy atom. The van der Waals surface area contributed by atoms with Crippen LogP contribution >= 0.6 is 11.3 Å². The molecule has 0 amide bonds. The number of imidazole rings is 1. The van der Waals surface area contributed by atoms with Gasteiger partial charge in [0.05, 0.1) is 18.7 Å². The number of carbonyl (C=O) groups is 1. The zero-order chi connectivity index (χ0) is 10.8. The number of hydrogen-bond acceptors (Lipinski definition) is 4. The van der Waals surface area contributed by atoms with Crippen LogP contribution in [-0.4, -0.2) is 22.0 Å². The van der Waals surface area contributed by atoms with Crippen LogP contribution in [0, 0.1) is 6.92 Å². The Kier molecular flexibility index (Phi) is 2.73. The van der Waals surface area contributed by atoms with Gasteiger partial charge in [-0.05, 0) is 13.8 Å². The molecule has 0 N–H and O–H groups in total. The van der Waals surface area contributed by atoms with Crippen molar-refractivity contribution in [2.45, 2.75) is 20.3 Å². The summed E-state index contributed by atoms with van der Waals surface area (Å²) in [6.07, 6.45) is 2.14. The lowest BCUT2D eigenvalue weighted by Gasteiger charge is -1.97. The smallest absolute Gasteiger partial charge is 0.311 e. The van der Waals surface area contributed by atoms with E-state index in [1.807, 2.05) is 22.9 Å². The number of thiazole rings is 1. The minimum atomic E-state index is -0.221. The van der Waals surface area contributed by atoms with Gasteiger partial charge in [0.25, 0.3) is 0 Å². The topological polar surface area (TPSA) is 43.6 Å². The zero-order valence-electron chi connectivity index (χ0n) is 8.69. The van der Waals surface area contributed by atoms with Gasteiger partial charge in [0, 0.05) is 17.3 Å². The van der Waals surface area contributed by atoms with Gasteiger partial charge in [0.1, 0.15) is 0 Å². The highest BCUT2D eigenvalue weighted by atomic mass is 32.1. The lowest BCUT2D eigenvalue weighted by Crippen LogP contribution is -2.07. The lowest BCUT2D eigenvalue weighted by molar-refractivity contribution is -0.142. The number of nitrogens with zero attached hydrogens (tertiary/aromatic N) is 2. The maximum absolute atomic E-state index is 11.2. The summed E-state index contributed by atoms with van der Waals surface area (Å²) in [5, 5.41) is 2.04. The van der Waals surface area contributed by atoms with E-state index >= 15 is 0 Å². The van der Waals surface area contributed by atoms with Crippen LogP contribution in [0.1, 0.15) is 18.3 Å². The van der Waals surface area contributed by atoms with Crippen LogP contribution in [0.3, 0.4) is 0 Å². The fraction of sp³-hybridized carbons (Fsp3) is 0.400. The van der Waals surface area contributed by atoms with E-state index < -0.39 is 0 Å². The van der Waals surface area contributed by atoms with Crippen molar-refractivity contribution in [3.8, 4) is 0 Å². The van der Waals surface area contributed by atoms with E-state index in [4.69, 9.17) is 4.74 Å². The van der Waals surface area contributed by atoms with Crippen LogP contribution in [-0.2, 0) is 16.0 Å². The number of aromatic nitrogens is 2. The Labute approximate surface area is 91.5 Å². The number of carbonyl (C=O) groups excluding carboxylic acids is 1. The summed E-state index contributed by atoms with van der Waals surface area (Å²) in [6.45, 7) is 4.23. The number of hydrogen-bond donors (Lipinski definition) is 0. The zero-order valence-corrected chi connectivity index (χ0v) is 9.50. The van der Waals surface area contributed by atoms with Crippen molar-refractivity contribution in [2.75, 3.05) is 6.61 Å². The molecular formula is C10H12N2O2S. The summed E-state index contributed by atoms with van der Waals surface area (Å²) >= 11 is 1.57. The lowest BCUT2D eigenvalue weighted by atomic mass is 10.3. The van der Waals surface area contributed by atoms with Gasteiger partial charge >= 0.3 is 5.97 Å². The average Bonchev–Trinajstić information content (AvgIpc) is 2.69. The molecule has 0 atom stereocenters. The van der Waals surface area contributed by atoms with Crippen LogP contribution in [0.2, 0.25) is 0 Å². The minimum absolute atomic E-state index is 0.221. The van der Waals surface area contributed by atoms with Crippen LogP contribution in [0.5, 0.6) is 0 Å². The Bertz CT molecular complexity index is 487. The van der Waals surface area contributed by atoms with Gasteiger partial charge in [0.2, 0.25) is 0 Å². The molecule has 2 heterocycles. The minimum Gasteiger partial charge on any atom is -0.466 e. The van der Waals surface area contributed by atoms with Gasteiger partial charge < -0.3 is 4.74 Å². The second kappa shape index (κ2) is 4.02. The number of fused-ring (bicyclic) bond motifs is 1. The van der Waals surface area contributed by atoms with E-state index in [0.29, 0.717) is 6.61 Å². The normalized spacial score (nSPS) is 10.8. The fourth-order valence-electron chi connectivity index (χ4n) is 1.39. The maximum atomic E-state index is 11.2. The largest absolute Gasteiger partial charge is 0.466 e. The Hall–Kier alpha value is -1.36. The van der Waals surface area contributed by atoms with Crippen LogP contribution in [0.4, 0.5) is 0 Å². The molecule has 0 radical (unpaired) electrons. The molecule has 0 aliphatic heterocycles. The van der Waals surface area contributed by atoms with Gasteiger partial charge in [-0.25, -0.2) is 4.98 Å². The van der Waals surface area contributed by atoms with Crippen LogP contribution < -0.4 is 0 Å². The highest BCUT2D eigenvalue weighted by molar-refractivity contribution is 7.15. The fourth-order valence-corrected chi connectivity index (χ4v) is 2.26. The Balaban J connectivity index is 2.18. The third-order valence-electron chi connectivity index (χ3n) is 2.07. The molecule has 0 unspecified atom stereocenters. The quantitative estimate of drug-likeness (QED) is 0.747. The summed E-state index contributed by atoms with van der Waals surface area (Å²) in [6, 6.07) is 0. The predicted octanol–water partition coefficient (Wildman–Crippen LogP) is 1.81. The van der Waals surface area contributed by atoms with E-state index in [2.05, 4.69) is 4.98 Å². The number of aryl methyl sites for hydroxylation is 1. The maximum Gasteiger partial charge on any atom is 0.311 e. The first-order valence-corrected chi connectivity index (χ1v) is 5.66. The molecule has 0 aliphatic carbocycles. The van der Waals surface area contributed by atoms with Crippen molar-refractivity contribution in [1.82, 2.24) is 9.38 Å². The number of esters is 1. The summed E-state index contributed by atoms with van der Waals surface area (Å²) in [4.78, 5) is 16.5. The molecule has 0 saturated carbocycles. The van der Waals surface area contributed by atoms with Crippen molar-refractivity contribution in [2.24, 2.45) is 0 Å². The molecule has 4 nitrogen and oxygen atoms in total. The van der Waals surface area contributed by atoms with Crippen molar-refractivity contribution in [1.29, 1.82) is 0 Å². The summed E-state index contributed by atoms with van der Waals surface area (Å²) in [7, 11) is 0. The van der Waals surface area contributed by atoms with Crippen LogP contribution in [0.15, 0.2) is 11.6 Å². The first-order valence-electron chi connectivity index (χ1n) is 4.78. The molecule has 2 rings (SSSR count). The monoisotopic (exact) mass is 224 g/mol. The SMILES string of the molecule is CCOC(=O)Cc1cn2c(C)csc2n1. The standard InChI is InChI=1S/C10H12N2O2S/c1-3-14-9(13)4-8-5-12-7(2)6-15-10(12)11-8/h5-6H,3-4H2,1-2H3. The van der Waals surface area contributed by atoms with E-state index in [0.717, 1.165) is 16.3 Å². The molecule has 0 fully saturated rings. The number of ether oxygens (including phenoxy) is 1. The molecule has 2 aromatic rings. The van der Waals surface area contributed by atoms with E-state index in [-0.39, 0.29) is 12.4 Å². The summed E-state index contributed by atoms with van der Waals surface area (Å²) in [5.74, 6) is -0.221. The Morgan fingerprint density at radius 3 is 3.13 bits per heavy atom. The molecular weight excluding hydrogens is 212 g/mol. The molecule has 5 heteroatoms. The first-order chi connectivity index (χ1) is 7.20. The molecule has 2 aromatic heterocycles. The third-order valence-corrected chi connectivity index (χ3v) is 3.03. The van der Waals surface area contributed by atoms with Gasteiger partial charge in [-0.2, -0.15) is 0 Å².